The molecular formula is C15H24N2O. The van der Waals surface area contributed by atoms with E-state index in [-0.39, 0.29) is 0 Å². The number of anilines is 1. The van der Waals surface area contributed by atoms with Crippen molar-refractivity contribution in [2.45, 2.75) is 39.3 Å². The molecule has 1 aromatic carbocycles. The zero-order valence-electron chi connectivity index (χ0n) is 11.8. The van der Waals surface area contributed by atoms with Gasteiger partial charge in [0, 0.05) is 31.4 Å². The molecule has 3 nitrogen and oxygen atoms in total. The molecule has 1 fully saturated rings. The van der Waals surface area contributed by atoms with Crippen LogP contribution in [0.15, 0.2) is 18.2 Å². The van der Waals surface area contributed by atoms with Gasteiger partial charge >= 0.3 is 0 Å². The highest BCUT2D eigenvalue weighted by atomic mass is 16.3. The van der Waals surface area contributed by atoms with Gasteiger partial charge in [-0.15, -0.1) is 0 Å². The van der Waals surface area contributed by atoms with E-state index in [1.807, 2.05) is 6.92 Å². The van der Waals surface area contributed by atoms with Crippen LogP contribution >= 0.6 is 0 Å². The van der Waals surface area contributed by atoms with Gasteiger partial charge in [-0.05, 0) is 51.0 Å². The second-order valence-corrected chi connectivity index (χ2v) is 5.93. The van der Waals surface area contributed by atoms with Crippen molar-refractivity contribution in [1.29, 1.82) is 0 Å². The monoisotopic (exact) mass is 248 g/mol. The van der Waals surface area contributed by atoms with Crippen molar-refractivity contribution in [3.05, 3.63) is 29.3 Å². The van der Waals surface area contributed by atoms with Crippen LogP contribution in [0.25, 0.3) is 0 Å². The van der Waals surface area contributed by atoms with Crippen LogP contribution in [-0.2, 0) is 0 Å². The summed E-state index contributed by atoms with van der Waals surface area (Å²) in [5, 5.41) is 13.7. The lowest BCUT2D eigenvalue weighted by molar-refractivity contribution is 0.0718. The fraction of sp³-hybridized carbons (Fsp3) is 0.600. The molecule has 18 heavy (non-hydrogen) atoms. The molecule has 0 saturated carbocycles. The van der Waals surface area contributed by atoms with Crippen molar-refractivity contribution in [3.8, 4) is 0 Å². The van der Waals surface area contributed by atoms with Crippen molar-refractivity contribution in [3.63, 3.8) is 0 Å². The molecule has 1 heterocycles. The zero-order chi connectivity index (χ0) is 13.3. The lowest BCUT2D eigenvalue weighted by Crippen LogP contribution is -2.43. The smallest absolute Gasteiger partial charge is 0.0917 e. The first-order chi connectivity index (χ1) is 8.37. The average Bonchev–Trinajstić information content (AvgIpc) is 2.42. The van der Waals surface area contributed by atoms with Crippen molar-refractivity contribution in [1.82, 2.24) is 5.32 Å². The van der Waals surface area contributed by atoms with Gasteiger partial charge in [-0.2, -0.15) is 0 Å². The van der Waals surface area contributed by atoms with Gasteiger partial charge in [0.25, 0.3) is 0 Å². The number of β-amino-alcohol motifs (C(OH)–C–C–N with tert-alkyl or cyclic N) is 1. The van der Waals surface area contributed by atoms with Gasteiger partial charge in [0.1, 0.15) is 0 Å². The van der Waals surface area contributed by atoms with Crippen LogP contribution in [-0.4, -0.2) is 36.4 Å². The Balaban J connectivity index is 2.26. The highest BCUT2D eigenvalue weighted by molar-refractivity contribution is 5.51. The number of hydrogen-bond donors (Lipinski definition) is 2. The van der Waals surface area contributed by atoms with Gasteiger partial charge in [0.15, 0.2) is 0 Å². The standard InChI is InChI=1S/C15H24N2O/c1-11-5-6-14(7-12(11)2)17-8-13(3)16-9-15(4,18)10-17/h5-7,13,16,18H,8-10H2,1-4H3. The molecule has 0 bridgehead atoms. The van der Waals surface area contributed by atoms with E-state index in [4.69, 9.17) is 0 Å². The summed E-state index contributed by atoms with van der Waals surface area (Å²) in [5.74, 6) is 0. The maximum atomic E-state index is 10.3. The average molecular weight is 248 g/mol. The number of hydrogen-bond acceptors (Lipinski definition) is 3. The molecule has 1 aromatic rings. The third-order valence-corrected chi connectivity index (χ3v) is 3.71. The molecule has 2 unspecified atom stereocenters. The first-order valence-corrected chi connectivity index (χ1v) is 6.65. The molecule has 2 N–H and O–H groups in total. The van der Waals surface area contributed by atoms with Gasteiger partial charge in [-0.1, -0.05) is 6.07 Å². The molecule has 0 amide bonds. The topological polar surface area (TPSA) is 35.5 Å². The largest absolute Gasteiger partial charge is 0.387 e. The van der Waals surface area contributed by atoms with E-state index in [2.05, 4.69) is 49.2 Å². The minimum Gasteiger partial charge on any atom is -0.387 e. The van der Waals surface area contributed by atoms with Crippen LogP contribution in [0.5, 0.6) is 0 Å². The molecule has 100 valence electrons. The predicted octanol–water partition coefficient (Wildman–Crippen LogP) is 1.85. The van der Waals surface area contributed by atoms with Gasteiger partial charge in [0.2, 0.25) is 0 Å². The minimum absolute atomic E-state index is 0.389. The van der Waals surface area contributed by atoms with Crippen LogP contribution < -0.4 is 10.2 Å². The number of nitrogens with one attached hydrogen (secondary N) is 1. The maximum Gasteiger partial charge on any atom is 0.0917 e. The summed E-state index contributed by atoms with van der Waals surface area (Å²) >= 11 is 0. The summed E-state index contributed by atoms with van der Waals surface area (Å²) in [5.41, 5.74) is 3.14. The Kier molecular flexibility index (Phi) is 3.64. The highest BCUT2D eigenvalue weighted by Gasteiger charge is 2.29. The van der Waals surface area contributed by atoms with Crippen molar-refractivity contribution in [2.24, 2.45) is 0 Å². The van der Waals surface area contributed by atoms with Crippen molar-refractivity contribution in [2.75, 3.05) is 24.5 Å². The van der Waals surface area contributed by atoms with Crippen LogP contribution in [0.2, 0.25) is 0 Å². The molecule has 0 aromatic heterocycles. The third-order valence-electron chi connectivity index (χ3n) is 3.71. The van der Waals surface area contributed by atoms with Crippen LogP contribution in [0, 0.1) is 13.8 Å². The lowest BCUT2D eigenvalue weighted by atomic mass is 10.1. The minimum atomic E-state index is -0.677. The van der Waals surface area contributed by atoms with Crippen molar-refractivity contribution < 1.29 is 5.11 Å². The zero-order valence-corrected chi connectivity index (χ0v) is 11.8. The van der Waals surface area contributed by atoms with E-state index < -0.39 is 5.60 Å². The summed E-state index contributed by atoms with van der Waals surface area (Å²) in [7, 11) is 0. The molecule has 1 aliphatic heterocycles. The second kappa shape index (κ2) is 4.90. The fourth-order valence-corrected chi connectivity index (χ4v) is 2.44. The molecule has 3 heteroatoms. The Hall–Kier alpha value is -1.06. The van der Waals surface area contributed by atoms with Crippen LogP contribution in [0.3, 0.4) is 0 Å². The van der Waals surface area contributed by atoms with Gasteiger partial charge in [-0.3, -0.25) is 0 Å². The number of aryl methyl sites for hydroxylation is 2. The van der Waals surface area contributed by atoms with Crippen LogP contribution in [0.1, 0.15) is 25.0 Å². The Bertz CT molecular complexity index is 429. The predicted molar refractivity (Wildman–Crippen MR) is 76.2 cm³/mol. The quantitative estimate of drug-likeness (QED) is 0.796. The Labute approximate surface area is 110 Å². The molecule has 0 aliphatic carbocycles. The van der Waals surface area contributed by atoms with Gasteiger partial charge < -0.3 is 15.3 Å². The molecule has 1 aliphatic rings. The van der Waals surface area contributed by atoms with E-state index in [9.17, 15) is 5.11 Å². The third kappa shape index (κ3) is 3.03. The molecule has 1 saturated heterocycles. The Morgan fingerprint density at radius 3 is 2.72 bits per heavy atom. The highest BCUT2D eigenvalue weighted by Crippen LogP contribution is 2.22. The Morgan fingerprint density at radius 2 is 2.06 bits per heavy atom. The first kappa shape index (κ1) is 13.4. The summed E-state index contributed by atoms with van der Waals surface area (Å²) < 4.78 is 0. The van der Waals surface area contributed by atoms with E-state index in [1.54, 1.807) is 0 Å². The fourth-order valence-electron chi connectivity index (χ4n) is 2.44. The SMILES string of the molecule is Cc1ccc(N2CC(C)NCC(C)(O)C2)cc1C. The number of aliphatic hydroxyl groups is 1. The maximum absolute atomic E-state index is 10.3. The van der Waals surface area contributed by atoms with E-state index in [0.29, 0.717) is 19.1 Å². The number of benzene rings is 1. The van der Waals surface area contributed by atoms with E-state index in [1.165, 1.54) is 16.8 Å². The van der Waals surface area contributed by atoms with Crippen molar-refractivity contribution >= 4 is 5.69 Å². The molecule has 2 atom stereocenters. The summed E-state index contributed by atoms with van der Waals surface area (Å²) in [6.45, 7) is 10.6. The molecular weight excluding hydrogens is 224 g/mol. The summed E-state index contributed by atoms with van der Waals surface area (Å²) in [6.07, 6.45) is 0. The van der Waals surface area contributed by atoms with E-state index >= 15 is 0 Å². The summed E-state index contributed by atoms with van der Waals surface area (Å²) in [4.78, 5) is 2.27. The number of rotatable bonds is 1. The normalized spacial score (nSPS) is 29.2. The Morgan fingerprint density at radius 1 is 1.33 bits per heavy atom. The number of nitrogens with zero attached hydrogens (tertiary/aromatic N) is 1. The van der Waals surface area contributed by atoms with Crippen LogP contribution in [0.4, 0.5) is 5.69 Å². The molecule has 0 spiro atoms. The summed E-state index contributed by atoms with van der Waals surface area (Å²) in [6, 6.07) is 6.91. The second-order valence-electron chi connectivity index (χ2n) is 5.93. The van der Waals surface area contributed by atoms with Gasteiger partial charge in [-0.25, -0.2) is 0 Å². The first-order valence-electron chi connectivity index (χ1n) is 6.65. The van der Waals surface area contributed by atoms with Gasteiger partial charge in [0.05, 0.1) is 5.60 Å². The lowest BCUT2D eigenvalue weighted by Gasteiger charge is -2.30. The molecule has 2 rings (SSSR count). The van der Waals surface area contributed by atoms with E-state index in [0.717, 1.165) is 6.54 Å². The molecule has 0 radical (unpaired) electrons.